The van der Waals surface area contributed by atoms with E-state index in [1.807, 2.05) is 0 Å². The molecule has 0 heterocycles. The zero-order chi connectivity index (χ0) is 14.3. The van der Waals surface area contributed by atoms with Crippen LogP contribution in [0, 0.1) is 5.82 Å². The van der Waals surface area contributed by atoms with Crippen molar-refractivity contribution in [3.63, 3.8) is 0 Å². The molecule has 0 bridgehead atoms. The molecule has 0 aliphatic carbocycles. The maximum absolute atomic E-state index is 13.3. The highest BCUT2D eigenvalue weighted by molar-refractivity contribution is 5.85. The fraction of sp³-hybridized carbons (Fsp3) is 0.400. The molecule has 2 N–H and O–H groups in total. The molecule has 0 radical (unpaired) electrons. The summed E-state index contributed by atoms with van der Waals surface area (Å²) in [6.07, 6.45) is -10.2. The van der Waals surface area contributed by atoms with Crippen LogP contribution in [0.1, 0.15) is 29.7 Å². The first kappa shape index (κ1) is 18.0. The van der Waals surface area contributed by atoms with Gasteiger partial charge in [0.1, 0.15) is 5.82 Å². The minimum absolute atomic E-state index is 0. The van der Waals surface area contributed by atoms with Crippen molar-refractivity contribution in [1.29, 1.82) is 0 Å². The second-order valence-corrected chi connectivity index (χ2v) is 3.70. The van der Waals surface area contributed by atoms with Gasteiger partial charge in [-0.25, -0.2) is 4.39 Å². The Morgan fingerprint density at radius 3 is 1.79 bits per heavy atom. The molecule has 0 aromatic heterocycles. The van der Waals surface area contributed by atoms with Crippen molar-refractivity contribution in [3.05, 3.63) is 34.6 Å². The second-order valence-electron chi connectivity index (χ2n) is 3.70. The molecule has 19 heavy (non-hydrogen) atoms. The number of benzene rings is 1. The fourth-order valence-corrected chi connectivity index (χ4v) is 1.48. The highest BCUT2D eigenvalue weighted by Gasteiger charge is 2.40. The van der Waals surface area contributed by atoms with Gasteiger partial charge in [-0.05, 0) is 19.1 Å². The standard InChI is InChI=1S/C10H8F7N.ClH/c1-4(18)8-6(10(15,16)17)2-5(3-7(8)11)9(12,13)14;/h2-4H,18H2,1H3;1H/t4-;/m1./s1. The van der Waals surface area contributed by atoms with Crippen molar-refractivity contribution in [3.8, 4) is 0 Å². The summed E-state index contributed by atoms with van der Waals surface area (Å²) in [4.78, 5) is 0. The lowest BCUT2D eigenvalue weighted by atomic mass is 9.97. The van der Waals surface area contributed by atoms with Crippen molar-refractivity contribution in [2.24, 2.45) is 5.73 Å². The van der Waals surface area contributed by atoms with E-state index in [-0.39, 0.29) is 24.5 Å². The molecule has 0 spiro atoms. The van der Waals surface area contributed by atoms with Crippen LogP contribution in [0.25, 0.3) is 0 Å². The molecule has 1 aromatic rings. The minimum Gasteiger partial charge on any atom is -0.324 e. The van der Waals surface area contributed by atoms with Gasteiger partial charge in [0.05, 0.1) is 11.1 Å². The predicted octanol–water partition coefficient (Wildman–Crippen LogP) is 4.30. The molecule has 0 saturated carbocycles. The quantitative estimate of drug-likeness (QED) is 0.769. The Hall–Kier alpha value is -1.02. The Balaban J connectivity index is 0.00000324. The molecule has 110 valence electrons. The van der Waals surface area contributed by atoms with Crippen molar-refractivity contribution in [1.82, 2.24) is 0 Å². The molecular weight excluding hydrogens is 303 g/mol. The number of nitrogens with two attached hydrogens (primary N) is 1. The second kappa shape index (κ2) is 5.54. The maximum Gasteiger partial charge on any atom is 0.416 e. The minimum atomic E-state index is -5.11. The lowest BCUT2D eigenvalue weighted by Gasteiger charge is -2.18. The zero-order valence-electron chi connectivity index (χ0n) is 9.36. The van der Waals surface area contributed by atoms with Crippen LogP contribution in [0.15, 0.2) is 12.1 Å². The van der Waals surface area contributed by atoms with E-state index in [1.165, 1.54) is 0 Å². The van der Waals surface area contributed by atoms with Crippen LogP contribution < -0.4 is 5.73 Å². The average molecular weight is 312 g/mol. The van der Waals surface area contributed by atoms with Gasteiger partial charge in [-0.1, -0.05) is 0 Å². The number of hydrogen-bond donors (Lipinski definition) is 1. The Morgan fingerprint density at radius 2 is 1.47 bits per heavy atom. The Morgan fingerprint density at radius 1 is 1.00 bits per heavy atom. The monoisotopic (exact) mass is 311 g/mol. The van der Waals surface area contributed by atoms with Gasteiger partial charge >= 0.3 is 12.4 Å². The molecule has 0 aliphatic heterocycles. The summed E-state index contributed by atoms with van der Waals surface area (Å²) in [6.45, 7) is 1.06. The Kier molecular flexibility index (Phi) is 5.24. The molecule has 0 unspecified atom stereocenters. The third-order valence-electron chi connectivity index (χ3n) is 2.22. The van der Waals surface area contributed by atoms with Crippen molar-refractivity contribution in [2.75, 3.05) is 0 Å². The lowest BCUT2D eigenvalue weighted by Crippen LogP contribution is -2.19. The summed E-state index contributed by atoms with van der Waals surface area (Å²) in [5.41, 5.74) is 0.772. The van der Waals surface area contributed by atoms with Gasteiger partial charge in [-0.2, -0.15) is 26.3 Å². The Bertz CT molecular complexity index is 450. The summed E-state index contributed by atoms with van der Waals surface area (Å²) in [5.74, 6) is -1.62. The fourth-order valence-electron chi connectivity index (χ4n) is 1.48. The Labute approximate surface area is 110 Å². The van der Waals surface area contributed by atoms with Crippen LogP contribution >= 0.6 is 12.4 Å². The molecule has 1 atom stereocenters. The van der Waals surface area contributed by atoms with Gasteiger partial charge in [-0.3, -0.25) is 0 Å². The topological polar surface area (TPSA) is 26.0 Å². The third kappa shape index (κ3) is 3.97. The first-order valence-electron chi connectivity index (χ1n) is 4.68. The van der Waals surface area contributed by atoms with Gasteiger partial charge < -0.3 is 5.73 Å². The first-order chi connectivity index (χ1) is 7.94. The number of halogens is 8. The SMILES string of the molecule is C[C@@H](N)c1c(F)cc(C(F)(F)F)cc1C(F)(F)F.Cl. The van der Waals surface area contributed by atoms with E-state index in [1.54, 1.807) is 0 Å². The van der Waals surface area contributed by atoms with E-state index in [4.69, 9.17) is 5.73 Å². The van der Waals surface area contributed by atoms with Crippen LogP contribution in [0.2, 0.25) is 0 Å². The molecular formula is C10H9ClF7N. The van der Waals surface area contributed by atoms with E-state index < -0.39 is 40.9 Å². The molecule has 0 amide bonds. The number of rotatable bonds is 1. The van der Waals surface area contributed by atoms with Gasteiger partial charge in [0.2, 0.25) is 0 Å². The van der Waals surface area contributed by atoms with E-state index >= 15 is 0 Å². The molecule has 0 saturated heterocycles. The van der Waals surface area contributed by atoms with Crippen molar-refractivity contribution in [2.45, 2.75) is 25.3 Å². The van der Waals surface area contributed by atoms with Gasteiger partial charge in [0, 0.05) is 11.6 Å². The first-order valence-corrected chi connectivity index (χ1v) is 4.68. The van der Waals surface area contributed by atoms with Gasteiger partial charge in [-0.15, -0.1) is 12.4 Å². The summed E-state index contributed by atoms with van der Waals surface area (Å²) in [6, 6.07) is -1.50. The van der Waals surface area contributed by atoms with E-state index in [0.29, 0.717) is 0 Å². The normalized spacial score (nSPS) is 13.9. The van der Waals surface area contributed by atoms with Crippen molar-refractivity contribution >= 4 is 12.4 Å². The average Bonchev–Trinajstić information content (AvgIpc) is 2.12. The van der Waals surface area contributed by atoms with E-state index in [0.717, 1.165) is 6.92 Å². The molecule has 1 aromatic carbocycles. The van der Waals surface area contributed by atoms with Crippen LogP contribution in [0.4, 0.5) is 30.7 Å². The summed E-state index contributed by atoms with van der Waals surface area (Å²) in [5, 5.41) is 0. The third-order valence-corrected chi connectivity index (χ3v) is 2.22. The maximum atomic E-state index is 13.3. The smallest absolute Gasteiger partial charge is 0.324 e. The van der Waals surface area contributed by atoms with Gasteiger partial charge in [0.25, 0.3) is 0 Å². The van der Waals surface area contributed by atoms with E-state index in [2.05, 4.69) is 0 Å². The lowest BCUT2D eigenvalue weighted by molar-refractivity contribution is -0.144. The van der Waals surface area contributed by atoms with Gasteiger partial charge in [0.15, 0.2) is 0 Å². The molecule has 1 rings (SSSR count). The van der Waals surface area contributed by atoms with E-state index in [9.17, 15) is 30.7 Å². The summed E-state index contributed by atoms with van der Waals surface area (Å²) < 4.78 is 88.0. The largest absolute Gasteiger partial charge is 0.416 e. The van der Waals surface area contributed by atoms with Crippen LogP contribution in [0.5, 0.6) is 0 Å². The number of alkyl halides is 6. The summed E-state index contributed by atoms with van der Waals surface area (Å²) in [7, 11) is 0. The molecule has 1 nitrogen and oxygen atoms in total. The summed E-state index contributed by atoms with van der Waals surface area (Å²) >= 11 is 0. The number of hydrogen-bond acceptors (Lipinski definition) is 1. The van der Waals surface area contributed by atoms with Crippen LogP contribution in [-0.4, -0.2) is 0 Å². The molecule has 0 aliphatic rings. The zero-order valence-corrected chi connectivity index (χ0v) is 10.2. The van der Waals surface area contributed by atoms with Crippen LogP contribution in [0.3, 0.4) is 0 Å². The highest BCUT2D eigenvalue weighted by Crippen LogP contribution is 2.39. The van der Waals surface area contributed by atoms with Crippen LogP contribution in [-0.2, 0) is 12.4 Å². The molecule has 0 fully saturated rings. The van der Waals surface area contributed by atoms with Crippen molar-refractivity contribution < 1.29 is 30.7 Å². The highest BCUT2D eigenvalue weighted by atomic mass is 35.5. The predicted molar refractivity (Wildman–Crippen MR) is 56.3 cm³/mol. The molecule has 9 heteroatoms.